The van der Waals surface area contributed by atoms with E-state index in [2.05, 4.69) is 5.32 Å². The molecule has 0 heterocycles. The number of ether oxygens (including phenoxy) is 1. The molecule has 8 heteroatoms. The Labute approximate surface area is 124 Å². The van der Waals surface area contributed by atoms with Gasteiger partial charge < -0.3 is 15.2 Å². The zero-order valence-corrected chi connectivity index (χ0v) is 12.0. The van der Waals surface area contributed by atoms with Crippen LogP contribution in [0.25, 0.3) is 0 Å². The van der Waals surface area contributed by atoms with Crippen molar-refractivity contribution in [2.45, 2.75) is 0 Å². The molecule has 0 saturated heterocycles. The van der Waals surface area contributed by atoms with Crippen LogP contribution in [0, 0.1) is 5.82 Å². The van der Waals surface area contributed by atoms with Crippen molar-refractivity contribution in [2.75, 3.05) is 24.7 Å². The number of thioether (sulfide) groups is 1. The SMILES string of the molecule is O=C(O)CSCCNC(=O)COc1ccc(F)c(Cl)c1. The standard InChI is InChI=1S/C12H13ClFNO4S/c13-9-5-8(1-2-10(9)14)19-6-11(16)15-3-4-20-7-12(17)18/h1-2,5H,3-4,6-7H2,(H,15,16)(H,17,18). The second-order valence-electron chi connectivity index (χ2n) is 3.66. The summed E-state index contributed by atoms with van der Waals surface area (Å²) in [5.41, 5.74) is 0. The number of carboxylic acid groups (broad SMARTS) is 1. The number of carboxylic acids is 1. The van der Waals surface area contributed by atoms with E-state index in [1.807, 2.05) is 0 Å². The predicted octanol–water partition coefficient (Wildman–Crippen LogP) is 1.79. The van der Waals surface area contributed by atoms with Gasteiger partial charge in [-0.1, -0.05) is 11.6 Å². The second kappa shape index (κ2) is 8.65. The Hall–Kier alpha value is -1.47. The van der Waals surface area contributed by atoms with E-state index in [0.29, 0.717) is 18.0 Å². The first-order chi connectivity index (χ1) is 9.49. The van der Waals surface area contributed by atoms with Crippen molar-refractivity contribution in [2.24, 2.45) is 0 Å². The molecule has 1 aromatic rings. The Morgan fingerprint density at radius 1 is 1.45 bits per heavy atom. The van der Waals surface area contributed by atoms with E-state index >= 15 is 0 Å². The number of amides is 1. The molecule has 0 saturated carbocycles. The molecule has 0 spiro atoms. The van der Waals surface area contributed by atoms with Crippen molar-refractivity contribution in [1.82, 2.24) is 5.32 Å². The Kier molecular flexibility index (Phi) is 7.17. The molecule has 0 radical (unpaired) electrons. The van der Waals surface area contributed by atoms with Crippen LogP contribution in [0.5, 0.6) is 5.75 Å². The van der Waals surface area contributed by atoms with Crippen LogP contribution in [-0.2, 0) is 9.59 Å². The van der Waals surface area contributed by atoms with Crippen LogP contribution in [0.4, 0.5) is 4.39 Å². The van der Waals surface area contributed by atoms with Crippen molar-refractivity contribution in [3.8, 4) is 5.75 Å². The first kappa shape index (κ1) is 16.6. The molecule has 0 aliphatic rings. The van der Waals surface area contributed by atoms with E-state index in [1.165, 1.54) is 23.9 Å². The lowest BCUT2D eigenvalue weighted by Crippen LogP contribution is -2.30. The summed E-state index contributed by atoms with van der Waals surface area (Å²) in [5, 5.41) is 10.9. The molecule has 0 unspecified atom stereocenters. The number of aliphatic carboxylic acids is 1. The summed E-state index contributed by atoms with van der Waals surface area (Å²) in [5.74, 6) is -0.995. The van der Waals surface area contributed by atoms with Gasteiger partial charge in [0.1, 0.15) is 11.6 Å². The zero-order valence-electron chi connectivity index (χ0n) is 10.4. The maximum absolute atomic E-state index is 12.9. The van der Waals surface area contributed by atoms with E-state index in [1.54, 1.807) is 0 Å². The minimum absolute atomic E-state index is 0.000445. The second-order valence-corrected chi connectivity index (χ2v) is 5.17. The summed E-state index contributed by atoms with van der Waals surface area (Å²) < 4.78 is 18.0. The van der Waals surface area contributed by atoms with E-state index in [0.717, 1.165) is 6.07 Å². The fraction of sp³-hybridized carbons (Fsp3) is 0.333. The lowest BCUT2D eigenvalue weighted by Gasteiger charge is -2.07. The number of nitrogens with one attached hydrogen (secondary N) is 1. The maximum atomic E-state index is 12.9. The maximum Gasteiger partial charge on any atom is 0.313 e. The molecule has 0 aliphatic heterocycles. The van der Waals surface area contributed by atoms with E-state index in [-0.39, 0.29) is 23.3 Å². The third-order valence-corrected chi connectivity index (χ3v) is 3.29. The topological polar surface area (TPSA) is 75.6 Å². The Morgan fingerprint density at radius 3 is 2.85 bits per heavy atom. The molecule has 0 aliphatic carbocycles. The molecule has 5 nitrogen and oxygen atoms in total. The van der Waals surface area contributed by atoms with Crippen LogP contribution in [-0.4, -0.2) is 41.6 Å². The highest BCUT2D eigenvalue weighted by molar-refractivity contribution is 7.99. The van der Waals surface area contributed by atoms with Gasteiger partial charge in [0.05, 0.1) is 10.8 Å². The third-order valence-electron chi connectivity index (χ3n) is 2.06. The monoisotopic (exact) mass is 321 g/mol. The van der Waals surface area contributed by atoms with Crippen molar-refractivity contribution < 1.29 is 23.8 Å². The molecular weight excluding hydrogens is 309 g/mol. The van der Waals surface area contributed by atoms with E-state index in [9.17, 15) is 14.0 Å². The van der Waals surface area contributed by atoms with Crippen molar-refractivity contribution >= 4 is 35.2 Å². The lowest BCUT2D eigenvalue weighted by atomic mass is 10.3. The highest BCUT2D eigenvalue weighted by Crippen LogP contribution is 2.20. The van der Waals surface area contributed by atoms with Gasteiger partial charge in [-0.2, -0.15) is 0 Å². The van der Waals surface area contributed by atoms with Crippen LogP contribution in [0.3, 0.4) is 0 Å². The zero-order chi connectivity index (χ0) is 15.0. The number of benzene rings is 1. The average Bonchev–Trinajstić information content (AvgIpc) is 2.39. The van der Waals surface area contributed by atoms with Gasteiger partial charge in [-0.05, 0) is 12.1 Å². The number of carbonyl (C=O) groups is 2. The first-order valence-electron chi connectivity index (χ1n) is 5.63. The van der Waals surface area contributed by atoms with Gasteiger partial charge in [0.25, 0.3) is 5.91 Å². The highest BCUT2D eigenvalue weighted by Gasteiger charge is 2.05. The molecule has 20 heavy (non-hydrogen) atoms. The number of carbonyl (C=O) groups excluding carboxylic acids is 1. The summed E-state index contributed by atoms with van der Waals surface area (Å²) in [6, 6.07) is 3.81. The summed E-state index contributed by atoms with van der Waals surface area (Å²) in [6.45, 7) is 0.135. The number of rotatable bonds is 8. The van der Waals surface area contributed by atoms with Gasteiger partial charge in [-0.15, -0.1) is 11.8 Å². The Morgan fingerprint density at radius 2 is 2.20 bits per heavy atom. The summed E-state index contributed by atoms with van der Waals surface area (Å²) in [4.78, 5) is 21.6. The van der Waals surface area contributed by atoms with Crippen LogP contribution in [0.2, 0.25) is 5.02 Å². The van der Waals surface area contributed by atoms with Gasteiger partial charge in [0.15, 0.2) is 6.61 Å². The summed E-state index contributed by atoms with van der Waals surface area (Å²) in [7, 11) is 0. The lowest BCUT2D eigenvalue weighted by molar-refractivity contribution is -0.133. The Balaban J connectivity index is 2.19. The summed E-state index contributed by atoms with van der Waals surface area (Å²) >= 11 is 6.77. The molecule has 0 aromatic heterocycles. The fourth-order valence-electron chi connectivity index (χ4n) is 1.19. The number of hydrogen-bond acceptors (Lipinski definition) is 4. The molecular formula is C12H13ClFNO4S. The normalized spacial score (nSPS) is 10.1. The molecule has 110 valence electrons. The molecule has 0 fully saturated rings. The van der Waals surface area contributed by atoms with Crippen LogP contribution >= 0.6 is 23.4 Å². The molecule has 2 N–H and O–H groups in total. The average molecular weight is 322 g/mol. The van der Waals surface area contributed by atoms with Crippen molar-refractivity contribution in [3.63, 3.8) is 0 Å². The smallest absolute Gasteiger partial charge is 0.313 e. The molecule has 1 aromatic carbocycles. The molecule has 1 rings (SSSR count). The quantitative estimate of drug-likeness (QED) is 0.714. The first-order valence-corrected chi connectivity index (χ1v) is 7.16. The van der Waals surface area contributed by atoms with Crippen molar-refractivity contribution in [3.05, 3.63) is 29.0 Å². The van der Waals surface area contributed by atoms with E-state index in [4.69, 9.17) is 21.4 Å². The highest BCUT2D eigenvalue weighted by atomic mass is 35.5. The fourth-order valence-corrected chi connectivity index (χ4v) is 1.92. The number of hydrogen-bond donors (Lipinski definition) is 2. The third kappa shape index (κ3) is 6.63. The predicted molar refractivity (Wildman–Crippen MR) is 74.9 cm³/mol. The molecule has 0 bridgehead atoms. The largest absolute Gasteiger partial charge is 0.484 e. The van der Waals surface area contributed by atoms with E-state index < -0.39 is 11.8 Å². The van der Waals surface area contributed by atoms with Gasteiger partial charge >= 0.3 is 5.97 Å². The van der Waals surface area contributed by atoms with Gasteiger partial charge in [-0.25, -0.2) is 4.39 Å². The van der Waals surface area contributed by atoms with Crippen LogP contribution < -0.4 is 10.1 Å². The minimum Gasteiger partial charge on any atom is -0.484 e. The van der Waals surface area contributed by atoms with Crippen LogP contribution in [0.15, 0.2) is 18.2 Å². The summed E-state index contributed by atoms with van der Waals surface area (Å²) in [6.07, 6.45) is 0. The van der Waals surface area contributed by atoms with Crippen molar-refractivity contribution in [1.29, 1.82) is 0 Å². The number of halogens is 2. The van der Waals surface area contributed by atoms with Crippen LogP contribution in [0.1, 0.15) is 0 Å². The van der Waals surface area contributed by atoms with Gasteiger partial charge in [0, 0.05) is 18.4 Å². The van der Waals surface area contributed by atoms with Gasteiger partial charge in [0.2, 0.25) is 0 Å². The molecule has 0 atom stereocenters. The van der Waals surface area contributed by atoms with Gasteiger partial charge in [-0.3, -0.25) is 9.59 Å². The minimum atomic E-state index is -0.891. The Bertz CT molecular complexity index is 487. The molecule has 1 amide bonds.